The van der Waals surface area contributed by atoms with Crippen LogP contribution in [-0.2, 0) is 22.0 Å². The number of fused-ring (bicyclic) bond motifs is 1. The molecule has 1 heterocycles. The molecule has 0 aromatic carbocycles. The molecule has 0 bridgehead atoms. The summed E-state index contributed by atoms with van der Waals surface area (Å²) >= 11 is 0. The topological polar surface area (TPSA) is 56.3 Å². The van der Waals surface area contributed by atoms with Crippen LogP contribution in [0.4, 0.5) is 13.2 Å². The number of pyridine rings is 1. The van der Waals surface area contributed by atoms with Crippen molar-refractivity contribution in [2.45, 2.75) is 44.0 Å². The summed E-state index contributed by atoms with van der Waals surface area (Å²) in [5, 5.41) is 0. The van der Waals surface area contributed by atoms with Crippen LogP contribution in [0.5, 0.6) is 5.88 Å². The minimum absolute atomic E-state index is 0.123. The Morgan fingerprint density at radius 3 is 2.55 bits per heavy atom. The highest BCUT2D eigenvalue weighted by Gasteiger charge is 2.49. The van der Waals surface area contributed by atoms with E-state index in [4.69, 9.17) is 0 Å². The minimum Gasteiger partial charge on any atom is -0.355 e. The van der Waals surface area contributed by atoms with E-state index in [2.05, 4.69) is 9.17 Å². The SMILES string of the molecule is CC1(C)CCCc2nc(OS(=O)(=O)C(F)(F)F)ccc21. The molecule has 4 nitrogen and oxygen atoms in total. The van der Waals surface area contributed by atoms with Gasteiger partial charge in [-0.15, -0.1) is 0 Å². The summed E-state index contributed by atoms with van der Waals surface area (Å²) in [6, 6.07) is 2.75. The molecule has 0 amide bonds. The monoisotopic (exact) mass is 309 g/mol. The second-order valence-corrected chi connectivity index (χ2v) is 6.90. The zero-order valence-corrected chi connectivity index (χ0v) is 11.8. The molecule has 112 valence electrons. The van der Waals surface area contributed by atoms with Gasteiger partial charge in [0.05, 0.1) is 0 Å². The summed E-state index contributed by atoms with van der Waals surface area (Å²) in [7, 11) is -5.67. The maximum atomic E-state index is 12.2. The van der Waals surface area contributed by atoms with Crippen molar-refractivity contribution >= 4 is 10.1 Å². The molecule has 1 aromatic rings. The number of nitrogens with zero attached hydrogens (tertiary/aromatic N) is 1. The van der Waals surface area contributed by atoms with Crippen LogP contribution in [0.25, 0.3) is 0 Å². The molecule has 8 heteroatoms. The lowest BCUT2D eigenvalue weighted by Crippen LogP contribution is -2.29. The lowest BCUT2D eigenvalue weighted by Gasteiger charge is -2.31. The van der Waals surface area contributed by atoms with E-state index in [0.717, 1.165) is 24.5 Å². The number of aryl methyl sites for hydroxylation is 1. The van der Waals surface area contributed by atoms with Crippen LogP contribution in [-0.4, -0.2) is 18.9 Å². The molecular weight excluding hydrogens is 295 g/mol. The Bertz CT molecular complexity index is 623. The molecule has 0 unspecified atom stereocenters. The summed E-state index contributed by atoms with van der Waals surface area (Å²) in [6.45, 7) is 4.03. The largest absolute Gasteiger partial charge is 0.534 e. The lowest BCUT2D eigenvalue weighted by atomic mass is 9.75. The molecule has 2 rings (SSSR count). The highest BCUT2D eigenvalue weighted by Crippen LogP contribution is 2.37. The zero-order valence-electron chi connectivity index (χ0n) is 11.0. The Morgan fingerprint density at radius 1 is 1.30 bits per heavy atom. The van der Waals surface area contributed by atoms with Crippen LogP contribution in [0.15, 0.2) is 12.1 Å². The summed E-state index contributed by atoms with van der Waals surface area (Å²) in [5.41, 5.74) is -4.07. The van der Waals surface area contributed by atoms with E-state index < -0.39 is 21.5 Å². The second kappa shape index (κ2) is 4.61. The van der Waals surface area contributed by atoms with Gasteiger partial charge in [-0.3, -0.25) is 0 Å². The first-order valence-electron chi connectivity index (χ1n) is 6.04. The molecule has 0 spiro atoms. The first kappa shape index (κ1) is 15.1. The van der Waals surface area contributed by atoms with Gasteiger partial charge < -0.3 is 4.18 Å². The third kappa shape index (κ3) is 2.74. The van der Waals surface area contributed by atoms with Crippen LogP contribution < -0.4 is 4.18 Å². The third-order valence-corrected chi connectivity index (χ3v) is 4.33. The molecule has 1 aliphatic rings. The fourth-order valence-corrected chi connectivity index (χ4v) is 2.74. The smallest absolute Gasteiger partial charge is 0.355 e. The number of halogens is 3. The van der Waals surface area contributed by atoms with Crippen LogP contribution >= 0.6 is 0 Å². The number of rotatable bonds is 2. The number of hydrogen-bond acceptors (Lipinski definition) is 4. The Hall–Kier alpha value is -1.31. The van der Waals surface area contributed by atoms with Crippen LogP contribution in [0, 0.1) is 0 Å². The third-order valence-electron chi connectivity index (χ3n) is 3.37. The zero-order chi connectivity index (χ0) is 15.2. The molecule has 1 aromatic heterocycles. The minimum atomic E-state index is -5.67. The molecule has 0 saturated carbocycles. The van der Waals surface area contributed by atoms with Crippen molar-refractivity contribution in [3.63, 3.8) is 0 Å². The summed E-state index contributed by atoms with van der Waals surface area (Å²) < 4.78 is 62.6. The quantitative estimate of drug-likeness (QED) is 0.622. The van der Waals surface area contributed by atoms with Gasteiger partial charge in [-0.1, -0.05) is 19.9 Å². The van der Waals surface area contributed by atoms with Crippen molar-refractivity contribution in [2.75, 3.05) is 0 Å². The molecule has 0 atom stereocenters. The predicted octanol–water partition coefficient (Wildman–Crippen LogP) is 2.92. The van der Waals surface area contributed by atoms with Crippen molar-refractivity contribution < 1.29 is 25.8 Å². The Morgan fingerprint density at radius 2 is 1.95 bits per heavy atom. The van der Waals surface area contributed by atoms with Gasteiger partial charge in [0.25, 0.3) is 0 Å². The molecule has 1 aliphatic carbocycles. The second-order valence-electron chi connectivity index (χ2n) is 5.36. The molecule has 20 heavy (non-hydrogen) atoms. The van der Waals surface area contributed by atoms with Gasteiger partial charge in [0.1, 0.15) is 0 Å². The molecular formula is C12H14F3NO3S. The molecule has 0 aliphatic heterocycles. The van der Waals surface area contributed by atoms with E-state index in [1.807, 2.05) is 13.8 Å². The van der Waals surface area contributed by atoms with Gasteiger partial charge in [0.2, 0.25) is 5.88 Å². The highest BCUT2D eigenvalue weighted by atomic mass is 32.2. The van der Waals surface area contributed by atoms with Gasteiger partial charge in [-0.25, -0.2) is 4.98 Å². The normalized spacial score (nSPS) is 18.4. The Kier molecular flexibility index (Phi) is 3.48. The van der Waals surface area contributed by atoms with E-state index in [9.17, 15) is 21.6 Å². The van der Waals surface area contributed by atoms with Crippen molar-refractivity contribution in [1.29, 1.82) is 0 Å². The van der Waals surface area contributed by atoms with E-state index in [0.29, 0.717) is 12.1 Å². The first-order chi connectivity index (χ1) is 9.03. The first-order valence-corrected chi connectivity index (χ1v) is 7.45. The Balaban J connectivity index is 2.34. The highest BCUT2D eigenvalue weighted by molar-refractivity contribution is 7.87. The number of alkyl halides is 3. The van der Waals surface area contributed by atoms with Gasteiger partial charge >= 0.3 is 15.6 Å². The fourth-order valence-electron chi connectivity index (χ4n) is 2.33. The van der Waals surface area contributed by atoms with Crippen LogP contribution in [0.3, 0.4) is 0 Å². The standard InChI is InChI=1S/C12H14F3NO3S/c1-11(2)7-3-4-9-8(11)5-6-10(16-9)19-20(17,18)12(13,14)15/h5-6H,3-4,7H2,1-2H3. The van der Waals surface area contributed by atoms with Gasteiger partial charge in [0, 0.05) is 11.8 Å². The lowest BCUT2D eigenvalue weighted by molar-refractivity contribution is -0.0501. The molecule has 0 saturated heterocycles. The summed E-state index contributed by atoms with van der Waals surface area (Å²) in [6.07, 6.45) is 2.40. The number of hydrogen-bond donors (Lipinski definition) is 0. The van der Waals surface area contributed by atoms with Gasteiger partial charge in [-0.05, 0) is 30.2 Å². The van der Waals surface area contributed by atoms with Crippen molar-refractivity contribution in [2.24, 2.45) is 0 Å². The molecule has 0 radical (unpaired) electrons. The maximum absolute atomic E-state index is 12.2. The summed E-state index contributed by atoms with van der Waals surface area (Å²) in [4.78, 5) is 3.91. The van der Waals surface area contributed by atoms with Gasteiger partial charge in [0.15, 0.2) is 0 Å². The van der Waals surface area contributed by atoms with E-state index in [-0.39, 0.29) is 5.41 Å². The maximum Gasteiger partial charge on any atom is 0.534 e. The average molecular weight is 309 g/mol. The van der Waals surface area contributed by atoms with Crippen LogP contribution in [0.2, 0.25) is 0 Å². The van der Waals surface area contributed by atoms with E-state index in [1.165, 1.54) is 0 Å². The van der Waals surface area contributed by atoms with Crippen molar-refractivity contribution in [1.82, 2.24) is 4.98 Å². The summed E-state index contributed by atoms with van der Waals surface area (Å²) in [5.74, 6) is -0.543. The van der Waals surface area contributed by atoms with E-state index >= 15 is 0 Å². The molecule has 0 N–H and O–H groups in total. The predicted molar refractivity (Wildman–Crippen MR) is 65.8 cm³/mol. The Labute approximate surface area is 115 Å². The van der Waals surface area contributed by atoms with Crippen LogP contribution in [0.1, 0.15) is 37.9 Å². The fraction of sp³-hybridized carbons (Fsp3) is 0.583. The van der Waals surface area contributed by atoms with Crippen molar-refractivity contribution in [3.05, 3.63) is 23.4 Å². The van der Waals surface area contributed by atoms with Gasteiger partial charge in [-0.2, -0.15) is 21.6 Å². The molecule has 0 fully saturated rings. The average Bonchev–Trinajstić information content (AvgIpc) is 2.25. The van der Waals surface area contributed by atoms with E-state index in [1.54, 1.807) is 6.07 Å². The van der Waals surface area contributed by atoms with Crippen molar-refractivity contribution in [3.8, 4) is 5.88 Å². The number of aromatic nitrogens is 1.